The second kappa shape index (κ2) is 7.77. The largest absolute Gasteiger partial charge is 0.457 e. The topological polar surface area (TPSA) is 110 Å². The van der Waals surface area contributed by atoms with E-state index in [-0.39, 0.29) is 5.69 Å². The summed E-state index contributed by atoms with van der Waals surface area (Å²) in [5.41, 5.74) is -1.29. The van der Waals surface area contributed by atoms with E-state index in [2.05, 4.69) is 4.98 Å². The van der Waals surface area contributed by atoms with Gasteiger partial charge < -0.3 is 4.74 Å². The van der Waals surface area contributed by atoms with Crippen molar-refractivity contribution < 1.29 is 4.74 Å². The lowest BCUT2D eigenvalue weighted by Gasteiger charge is -2.10. The Morgan fingerprint density at radius 3 is 1.73 bits per heavy atom. The first kappa shape index (κ1) is 18.7. The fourth-order valence-corrected chi connectivity index (χ4v) is 2.91. The maximum absolute atomic E-state index is 12.9. The fraction of sp³-hybridized carbons (Fsp3) is 0. The Morgan fingerprint density at radius 2 is 1.20 bits per heavy atom. The number of nitriles is 1. The summed E-state index contributed by atoms with van der Waals surface area (Å²) in [6, 6.07) is 23.2. The summed E-state index contributed by atoms with van der Waals surface area (Å²) in [6.45, 7) is 0. The quantitative estimate of drug-likeness (QED) is 0.567. The molecule has 0 amide bonds. The van der Waals surface area contributed by atoms with Gasteiger partial charge in [0.1, 0.15) is 11.5 Å². The highest BCUT2D eigenvalue weighted by atomic mass is 16.5. The second-order valence-electron chi connectivity index (χ2n) is 6.26. The minimum Gasteiger partial charge on any atom is -0.457 e. The van der Waals surface area contributed by atoms with Crippen LogP contribution in [0.1, 0.15) is 5.56 Å². The highest BCUT2D eigenvalue weighted by Crippen LogP contribution is 2.22. The van der Waals surface area contributed by atoms with Crippen LogP contribution in [0.3, 0.4) is 0 Å². The van der Waals surface area contributed by atoms with E-state index in [0.717, 1.165) is 9.13 Å². The molecule has 4 rings (SSSR count). The SMILES string of the molecule is N#Cc1ccc(Oc2ccc(-n3c(=O)[nH]c(=O)n(-c4ccccc4)c3=O)cc2)cc1. The number of nitrogens with one attached hydrogen (secondary N) is 1. The maximum atomic E-state index is 12.9. The Labute approximate surface area is 169 Å². The van der Waals surface area contributed by atoms with Crippen LogP contribution >= 0.6 is 0 Å². The molecule has 1 heterocycles. The zero-order chi connectivity index (χ0) is 21.1. The van der Waals surface area contributed by atoms with Gasteiger partial charge in [-0.25, -0.2) is 23.5 Å². The molecule has 8 nitrogen and oxygen atoms in total. The van der Waals surface area contributed by atoms with Gasteiger partial charge in [0, 0.05) is 0 Å². The zero-order valence-electron chi connectivity index (χ0n) is 15.5. The number of para-hydroxylation sites is 1. The smallest absolute Gasteiger partial charge is 0.345 e. The molecule has 4 aromatic rings. The van der Waals surface area contributed by atoms with Crippen LogP contribution in [0, 0.1) is 11.3 Å². The van der Waals surface area contributed by atoms with Gasteiger partial charge in [0.05, 0.1) is 23.0 Å². The van der Waals surface area contributed by atoms with Crippen molar-refractivity contribution in [1.29, 1.82) is 5.26 Å². The molecule has 0 atom stereocenters. The summed E-state index contributed by atoms with van der Waals surface area (Å²) in [5, 5.41) is 8.84. The molecule has 0 aliphatic rings. The van der Waals surface area contributed by atoms with Crippen LogP contribution in [-0.4, -0.2) is 14.1 Å². The number of rotatable bonds is 4. The number of H-pyrrole nitrogens is 1. The molecule has 0 saturated heterocycles. The molecule has 0 spiro atoms. The van der Waals surface area contributed by atoms with E-state index in [0.29, 0.717) is 22.7 Å². The number of aromatic nitrogens is 3. The van der Waals surface area contributed by atoms with Crippen molar-refractivity contribution in [3.63, 3.8) is 0 Å². The zero-order valence-corrected chi connectivity index (χ0v) is 15.5. The Kier molecular flexibility index (Phi) is 4.85. The second-order valence-corrected chi connectivity index (χ2v) is 6.26. The molecule has 0 aliphatic heterocycles. The molecule has 1 aromatic heterocycles. The number of hydrogen-bond acceptors (Lipinski definition) is 5. The number of hydrogen-bond donors (Lipinski definition) is 1. The van der Waals surface area contributed by atoms with Gasteiger partial charge in [0.2, 0.25) is 0 Å². The van der Waals surface area contributed by atoms with E-state index in [9.17, 15) is 14.4 Å². The lowest BCUT2D eigenvalue weighted by molar-refractivity contribution is 0.482. The van der Waals surface area contributed by atoms with Gasteiger partial charge in [0.25, 0.3) is 0 Å². The summed E-state index contributed by atoms with van der Waals surface area (Å²) in [5.74, 6) is 1.01. The van der Waals surface area contributed by atoms with Gasteiger partial charge in [-0.1, -0.05) is 18.2 Å². The average Bonchev–Trinajstić information content (AvgIpc) is 2.76. The Balaban J connectivity index is 1.71. The number of ether oxygens (including phenoxy) is 1. The van der Waals surface area contributed by atoms with Gasteiger partial charge in [0.15, 0.2) is 0 Å². The van der Waals surface area contributed by atoms with Crippen molar-refractivity contribution >= 4 is 0 Å². The van der Waals surface area contributed by atoms with Crippen LogP contribution in [0.25, 0.3) is 11.4 Å². The van der Waals surface area contributed by atoms with Crippen molar-refractivity contribution in [2.45, 2.75) is 0 Å². The van der Waals surface area contributed by atoms with Gasteiger partial charge >= 0.3 is 17.1 Å². The van der Waals surface area contributed by atoms with Gasteiger partial charge in [-0.3, -0.25) is 4.98 Å². The lowest BCUT2D eigenvalue weighted by Crippen LogP contribution is -2.47. The molecular weight excluding hydrogens is 384 g/mol. The van der Waals surface area contributed by atoms with Crippen LogP contribution in [0.15, 0.2) is 93.2 Å². The first-order valence-corrected chi connectivity index (χ1v) is 8.89. The minimum atomic E-state index is -0.835. The summed E-state index contributed by atoms with van der Waals surface area (Å²) in [4.78, 5) is 39.6. The van der Waals surface area contributed by atoms with E-state index in [1.54, 1.807) is 66.7 Å². The molecule has 0 saturated carbocycles. The van der Waals surface area contributed by atoms with Crippen LogP contribution in [0.5, 0.6) is 11.5 Å². The highest BCUT2D eigenvalue weighted by Gasteiger charge is 2.13. The standard InChI is InChI=1S/C22H14N4O4/c23-14-15-6-10-18(11-7-15)30-19-12-8-17(9-13-19)26-21(28)24-20(27)25(22(26)29)16-4-2-1-3-5-16/h1-13H,(H,24,27,28). The van der Waals surface area contributed by atoms with E-state index in [1.807, 2.05) is 6.07 Å². The normalized spacial score (nSPS) is 10.4. The molecular formula is C22H14N4O4. The molecule has 1 N–H and O–H groups in total. The first-order chi connectivity index (χ1) is 14.6. The molecule has 30 heavy (non-hydrogen) atoms. The molecule has 0 aliphatic carbocycles. The van der Waals surface area contributed by atoms with Gasteiger partial charge in [-0.05, 0) is 60.7 Å². The third-order valence-corrected chi connectivity index (χ3v) is 4.33. The van der Waals surface area contributed by atoms with Crippen molar-refractivity contribution in [2.75, 3.05) is 0 Å². The molecule has 0 unspecified atom stereocenters. The van der Waals surface area contributed by atoms with Crippen molar-refractivity contribution in [1.82, 2.24) is 14.1 Å². The van der Waals surface area contributed by atoms with Gasteiger partial charge in [-0.2, -0.15) is 5.26 Å². The third-order valence-electron chi connectivity index (χ3n) is 4.33. The van der Waals surface area contributed by atoms with Crippen LogP contribution in [0.4, 0.5) is 0 Å². The van der Waals surface area contributed by atoms with E-state index in [4.69, 9.17) is 10.00 Å². The summed E-state index contributed by atoms with van der Waals surface area (Å²) >= 11 is 0. The predicted molar refractivity (Wildman–Crippen MR) is 109 cm³/mol. The van der Waals surface area contributed by atoms with E-state index < -0.39 is 17.1 Å². The fourth-order valence-electron chi connectivity index (χ4n) is 2.91. The lowest BCUT2D eigenvalue weighted by atomic mass is 10.2. The first-order valence-electron chi connectivity index (χ1n) is 8.89. The van der Waals surface area contributed by atoms with Crippen molar-refractivity contribution in [3.05, 3.63) is 116 Å². The third kappa shape index (κ3) is 3.55. The molecule has 8 heteroatoms. The summed E-state index contributed by atoms with van der Waals surface area (Å²) in [6.07, 6.45) is 0. The molecule has 146 valence electrons. The minimum absolute atomic E-state index is 0.276. The highest BCUT2D eigenvalue weighted by molar-refractivity contribution is 5.41. The maximum Gasteiger partial charge on any atom is 0.345 e. The molecule has 0 bridgehead atoms. The van der Waals surface area contributed by atoms with Crippen LogP contribution in [-0.2, 0) is 0 Å². The Bertz CT molecular complexity index is 1410. The van der Waals surface area contributed by atoms with Crippen LogP contribution in [0.2, 0.25) is 0 Å². The van der Waals surface area contributed by atoms with Crippen LogP contribution < -0.4 is 21.8 Å². The van der Waals surface area contributed by atoms with E-state index in [1.165, 1.54) is 12.1 Å². The number of nitrogens with zero attached hydrogens (tertiary/aromatic N) is 3. The van der Waals surface area contributed by atoms with Gasteiger partial charge in [-0.15, -0.1) is 0 Å². The Morgan fingerprint density at radius 1 is 0.700 bits per heavy atom. The number of benzene rings is 3. The summed E-state index contributed by atoms with van der Waals surface area (Å²) in [7, 11) is 0. The van der Waals surface area contributed by atoms with E-state index >= 15 is 0 Å². The Hall–Kier alpha value is -4.64. The number of aromatic amines is 1. The molecule has 3 aromatic carbocycles. The van der Waals surface area contributed by atoms with Crippen molar-refractivity contribution in [2.24, 2.45) is 0 Å². The molecule has 0 fully saturated rings. The monoisotopic (exact) mass is 398 g/mol. The average molecular weight is 398 g/mol. The molecule has 0 radical (unpaired) electrons. The predicted octanol–water partition coefficient (Wildman–Crippen LogP) is 2.34. The van der Waals surface area contributed by atoms with Crippen molar-refractivity contribution in [3.8, 4) is 28.9 Å². The summed E-state index contributed by atoms with van der Waals surface area (Å²) < 4.78 is 7.47.